The summed E-state index contributed by atoms with van der Waals surface area (Å²) in [6, 6.07) is 14.1. The summed E-state index contributed by atoms with van der Waals surface area (Å²) in [6.07, 6.45) is 0. The Balaban J connectivity index is 1.51. The molecule has 2 aromatic rings. The summed E-state index contributed by atoms with van der Waals surface area (Å²) in [6.45, 7) is 3.32. The Bertz CT molecular complexity index is 802. The van der Waals surface area contributed by atoms with Crippen LogP contribution in [0, 0.1) is 10.1 Å². The van der Waals surface area contributed by atoms with Crippen LogP contribution in [0.3, 0.4) is 0 Å². The van der Waals surface area contributed by atoms with Gasteiger partial charge in [0.15, 0.2) is 0 Å². The van der Waals surface area contributed by atoms with E-state index in [1.54, 1.807) is 19.2 Å². The molecule has 0 bridgehead atoms. The number of amides is 1. The summed E-state index contributed by atoms with van der Waals surface area (Å²) < 4.78 is 5.18. The molecule has 8 nitrogen and oxygen atoms in total. The zero-order valence-corrected chi connectivity index (χ0v) is 15.1. The second-order valence-electron chi connectivity index (χ2n) is 6.28. The fourth-order valence-electron chi connectivity index (χ4n) is 3.09. The van der Waals surface area contributed by atoms with Crippen LogP contribution in [0.25, 0.3) is 0 Å². The van der Waals surface area contributed by atoms with Crippen molar-refractivity contribution in [2.45, 2.75) is 0 Å². The van der Waals surface area contributed by atoms with E-state index < -0.39 is 4.92 Å². The smallest absolute Gasteiger partial charge is 0.292 e. The van der Waals surface area contributed by atoms with Crippen molar-refractivity contribution >= 4 is 23.0 Å². The quantitative estimate of drug-likeness (QED) is 0.620. The van der Waals surface area contributed by atoms with Gasteiger partial charge in [-0.1, -0.05) is 12.1 Å². The number of carbonyl (C=O) groups is 1. The normalized spacial score (nSPS) is 14.6. The van der Waals surface area contributed by atoms with Gasteiger partial charge in [0.2, 0.25) is 5.91 Å². The van der Waals surface area contributed by atoms with Crippen LogP contribution in [0.4, 0.5) is 17.1 Å². The van der Waals surface area contributed by atoms with Gasteiger partial charge < -0.3 is 15.0 Å². The second kappa shape index (κ2) is 8.50. The van der Waals surface area contributed by atoms with Crippen LogP contribution in [0.1, 0.15) is 0 Å². The van der Waals surface area contributed by atoms with E-state index >= 15 is 0 Å². The Morgan fingerprint density at radius 2 is 1.78 bits per heavy atom. The van der Waals surface area contributed by atoms with E-state index in [0.717, 1.165) is 37.6 Å². The molecule has 0 atom stereocenters. The number of para-hydroxylation sites is 2. The first-order chi connectivity index (χ1) is 13.1. The number of rotatable bonds is 6. The molecule has 0 aliphatic carbocycles. The van der Waals surface area contributed by atoms with E-state index in [9.17, 15) is 14.9 Å². The van der Waals surface area contributed by atoms with Crippen molar-refractivity contribution in [2.24, 2.45) is 0 Å². The van der Waals surface area contributed by atoms with Gasteiger partial charge in [-0.3, -0.25) is 19.8 Å². The maximum absolute atomic E-state index is 12.3. The molecule has 8 heteroatoms. The van der Waals surface area contributed by atoms with Crippen LogP contribution in [-0.2, 0) is 4.79 Å². The minimum Gasteiger partial charge on any atom is -0.497 e. The Morgan fingerprint density at radius 1 is 1.11 bits per heavy atom. The number of piperazine rings is 1. The molecule has 0 unspecified atom stereocenters. The number of nitro groups is 1. The first-order valence-electron chi connectivity index (χ1n) is 8.71. The number of benzene rings is 2. The maximum Gasteiger partial charge on any atom is 0.292 e. The number of hydrogen-bond donors (Lipinski definition) is 1. The SMILES string of the molecule is COc1ccc(N2CCN(CC(=O)Nc3ccccc3[N+](=O)[O-])CC2)cc1. The molecule has 27 heavy (non-hydrogen) atoms. The number of methoxy groups -OCH3 is 1. The van der Waals surface area contributed by atoms with E-state index in [0.29, 0.717) is 0 Å². The Morgan fingerprint density at radius 3 is 2.41 bits per heavy atom. The molecule has 142 valence electrons. The van der Waals surface area contributed by atoms with Crippen molar-refractivity contribution in [1.82, 2.24) is 4.90 Å². The number of nitrogens with zero attached hydrogens (tertiary/aromatic N) is 3. The van der Waals surface area contributed by atoms with Crippen molar-refractivity contribution in [3.8, 4) is 5.75 Å². The molecule has 1 fully saturated rings. The molecule has 1 N–H and O–H groups in total. The first kappa shape index (κ1) is 18.7. The molecule has 1 saturated heterocycles. The van der Waals surface area contributed by atoms with Crippen LogP contribution >= 0.6 is 0 Å². The van der Waals surface area contributed by atoms with Crippen molar-refractivity contribution in [2.75, 3.05) is 50.1 Å². The average Bonchev–Trinajstić information content (AvgIpc) is 2.69. The fraction of sp³-hybridized carbons (Fsp3) is 0.316. The van der Waals surface area contributed by atoms with Gasteiger partial charge in [-0.2, -0.15) is 0 Å². The van der Waals surface area contributed by atoms with Crippen LogP contribution in [0.15, 0.2) is 48.5 Å². The molecule has 1 amide bonds. The van der Waals surface area contributed by atoms with Gasteiger partial charge in [0.05, 0.1) is 18.6 Å². The number of anilines is 2. The molecule has 0 saturated carbocycles. The molecule has 3 rings (SSSR count). The number of nitro benzene ring substituents is 1. The van der Waals surface area contributed by atoms with Gasteiger partial charge in [0, 0.05) is 37.9 Å². The Kier molecular flexibility index (Phi) is 5.87. The molecule has 1 aliphatic heterocycles. The summed E-state index contributed by atoms with van der Waals surface area (Å²) in [5.74, 6) is 0.575. The molecule has 1 heterocycles. The standard InChI is InChI=1S/C19H22N4O4/c1-27-16-8-6-15(7-9-16)22-12-10-21(11-13-22)14-19(24)20-17-4-2-3-5-18(17)23(25)26/h2-9H,10-14H2,1H3,(H,20,24). The highest BCUT2D eigenvalue weighted by molar-refractivity contribution is 5.94. The molecular weight excluding hydrogens is 348 g/mol. The molecular formula is C19H22N4O4. The highest BCUT2D eigenvalue weighted by Crippen LogP contribution is 2.23. The van der Waals surface area contributed by atoms with Gasteiger partial charge in [-0.05, 0) is 30.3 Å². The number of nitrogens with one attached hydrogen (secondary N) is 1. The van der Waals surface area contributed by atoms with Crippen LogP contribution < -0.4 is 15.0 Å². The fourth-order valence-corrected chi connectivity index (χ4v) is 3.09. The van der Waals surface area contributed by atoms with Crippen molar-refractivity contribution in [3.63, 3.8) is 0 Å². The zero-order chi connectivity index (χ0) is 19.2. The minimum atomic E-state index is -0.497. The van der Waals surface area contributed by atoms with Crippen LogP contribution in [0.2, 0.25) is 0 Å². The zero-order valence-electron chi connectivity index (χ0n) is 15.1. The van der Waals surface area contributed by atoms with E-state index in [1.165, 1.54) is 12.1 Å². The largest absolute Gasteiger partial charge is 0.497 e. The lowest BCUT2D eigenvalue weighted by Gasteiger charge is -2.35. The third kappa shape index (κ3) is 4.73. The van der Waals surface area contributed by atoms with E-state index in [-0.39, 0.29) is 23.8 Å². The predicted octanol–water partition coefficient (Wildman–Crippen LogP) is 2.36. The van der Waals surface area contributed by atoms with Crippen LogP contribution in [0.5, 0.6) is 5.75 Å². The lowest BCUT2D eigenvalue weighted by Crippen LogP contribution is -2.48. The lowest BCUT2D eigenvalue weighted by atomic mass is 10.2. The van der Waals surface area contributed by atoms with Gasteiger partial charge in [-0.25, -0.2) is 0 Å². The molecule has 0 aromatic heterocycles. The van der Waals surface area contributed by atoms with E-state index in [1.807, 2.05) is 29.2 Å². The lowest BCUT2D eigenvalue weighted by molar-refractivity contribution is -0.383. The predicted molar refractivity (Wildman–Crippen MR) is 103 cm³/mol. The monoisotopic (exact) mass is 370 g/mol. The average molecular weight is 370 g/mol. The van der Waals surface area contributed by atoms with Gasteiger partial charge >= 0.3 is 0 Å². The molecule has 0 radical (unpaired) electrons. The van der Waals surface area contributed by atoms with Crippen molar-refractivity contribution in [1.29, 1.82) is 0 Å². The summed E-state index contributed by atoms with van der Waals surface area (Å²) in [5.41, 5.74) is 1.25. The highest BCUT2D eigenvalue weighted by Gasteiger charge is 2.21. The summed E-state index contributed by atoms with van der Waals surface area (Å²) in [7, 11) is 1.64. The Hall–Kier alpha value is -3.13. The molecule has 0 spiro atoms. The van der Waals surface area contributed by atoms with Gasteiger partial charge in [0.1, 0.15) is 11.4 Å². The molecule has 1 aliphatic rings. The minimum absolute atomic E-state index is 0.102. The third-order valence-corrected chi connectivity index (χ3v) is 4.55. The second-order valence-corrected chi connectivity index (χ2v) is 6.28. The van der Waals surface area contributed by atoms with E-state index in [4.69, 9.17) is 4.74 Å². The summed E-state index contributed by atoms with van der Waals surface area (Å²) in [5, 5.41) is 13.7. The number of ether oxygens (including phenoxy) is 1. The van der Waals surface area contributed by atoms with Crippen molar-refractivity contribution in [3.05, 3.63) is 58.6 Å². The maximum atomic E-state index is 12.3. The third-order valence-electron chi connectivity index (χ3n) is 4.55. The first-order valence-corrected chi connectivity index (χ1v) is 8.71. The highest BCUT2D eigenvalue weighted by atomic mass is 16.6. The number of hydrogen-bond acceptors (Lipinski definition) is 6. The number of carbonyl (C=O) groups excluding carboxylic acids is 1. The van der Waals surface area contributed by atoms with Crippen molar-refractivity contribution < 1.29 is 14.5 Å². The Labute approximate surface area is 157 Å². The van der Waals surface area contributed by atoms with E-state index in [2.05, 4.69) is 10.2 Å². The molecule has 2 aromatic carbocycles. The van der Waals surface area contributed by atoms with Crippen LogP contribution in [-0.4, -0.2) is 55.6 Å². The summed E-state index contributed by atoms with van der Waals surface area (Å²) >= 11 is 0. The van der Waals surface area contributed by atoms with Gasteiger partial charge in [-0.15, -0.1) is 0 Å². The summed E-state index contributed by atoms with van der Waals surface area (Å²) in [4.78, 5) is 27.1. The van der Waals surface area contributed by atoms with Gasteiger partial charge in [0.25, 0.3) is 5.69 Å². The topological polar surface area (TPSA) is 88.0 Å².